The highest BCUT2D eigenvalue weighted by Crippen LogP contribution is 2.36. The Bertz CT molecular complexity index is 389. The lowest BCUT2D eigenvalue weighted by atomic mass is 9.75. The van der Waals surface area contributed by atoms with Crippen molar-refractivity contribution >= 4 is 5.82 Å². The van der Waals surface area contributed by atoms with E-state index in [1.54, 1.807) is 6.20 Å². The molecule has 1 aromatic rings. The summed E-state index contributed by atoms with van der Waals surface area (Å²) in [6.45, 7) is 3.39. The first-order chi connectivity index (χ1) is 8.81. The number of nitrogens with zero attached hydrogens (tertiary/aromatic N) is 3. The summed E-state index contributed by atoms with van der Waals surface area (Å²) >= 11 is 0. The molecule has 0 aromatic carbocycles. The van der Waals surface area contributed by atoms with Crippen LogP contribution in [0.2, 0.25) is 0 Å². The van der Waals surface area contributed by atoms with Crippen molar-refractivity contribution in [3.8, 4) is 0 Å². The van der Waals surface area contributed by atoms with Gasteiger partial charge >= 0.3 is 0 Å². The van der Waals surface area contributed by atoms with Gasteiger partial charge in [0.1, 0.15) is 5.82 Å². The van der Waals surface area contributed by atoms with Gasteiger partial charge in [0.15, 0.2) is 0 Å². The molecule has 4 nitrogen and oxygen atoms in total. The van der Waals surface area contributed by atoms with Crippen LogP contribution in [0.15, 0.2) is 12.4 Å². The standard InChI is InChI=1S/C14H22N4/c15-14-8-16-13(7-17-14)10-18-6-5-11-3-1-2-4-12(11)9-18/h7-8,11-12H,1-6,9-10H2,(H2,15,17). The maximum atomic E-state index is 5.56. The first-order valence-corrected chi connectivity index (χ1v) is 7.10. The van der Waals surface area contributed by atoms with Gasteiger partial charge in [0, 0.05) is 13.1 Å². The van der Waals surface area contributed by atoms with E-state index in [4.69, 9.17) is 5.73 Å². The highest BCUT2D eigenvalue weighted by Gasteiger charge is 2.30. The van der Waals surface area contributed by atoms with Crippen molar-refractivity contribution in [3.63, 3.8) is 0 Å². The Balaban J connectivity index is 1.59. The Morgan fingerprint density at radius 3 is 2.72 bits per heavy atom. The topological polar surface area (TPSA) is 55.0 Å². The fraction of sp³-hybridized carbons (Fsp3) is 0.714. The number of anilines is 1. The van der Waals surface area contributed by atoms with Crippen molar-refractivity contribution in [1.82, 2.24) is 14.9 Å². The lowest BCUT2D eigenvalue weighted by Crippen LogP contribution is -2.41. The normalized spacial score (nSPS) is 28.9. The molecule has 4 heteroatoms. The number of rotatable bonds is 2. The smallest absolute Gasteiger partial charge is 0.141 e. The van der Waals surface area contributed by atoms with Crippen molar-refractivity contribution in [2.45, 2.75) is 38.6 Å². The zero-order chi connectivity index (χ0) is 12.4. The number of nitrogen functional groups attached to an aromatic ring is 1. The summed E-state index contributed by atoms with van der Waals surface area (Å²) in [5.41, 5.74) is 6.60. The molecule has 2 heterocycles. The minimum atomic E-state index is 0.504. The average molecular weight is 246 g/mol. The van der Waals surface area contributed by atoms with Gasteiger partial charge in [-0.1, -0.05) is 19.3 Å². The first kappa shape index (κ1) is 11.9. The molecule has 98 valence electrons. The molecule has 3 rings (SSSR count). The lowest BCUT2D eigenvalue weighted by molar-refractivity contribution is 0.0811. The van der Waals surface area contributed by atoms with Gasteiger partial charge < -0.3 is 5.73 Å². The maximum Gasteiger partial charge on any atom is 0.141 e. The van der Waals surface area contributed by atoms with Gasteiger partial charge in [-0.25, -0.2) is 4.98 Å². The molecule has 1 aromatic heterocycles. The van der Waals surface area contributed by atoms with Crippen LogP contribution in [0.5, 0.6) is 0 Å². The number of hydrogen-bond acceptors (Lipinski definition) is 4. The zero-order valence-electron chi connectivity index (χ0n) is 10.9. The van der Waals surface area contributed by atoms with Crippen LogP contribution in [0, 0.1) is 11.8 Å². The summed E-state index contributed by atoms with van der Waals surface area (Å²) in [5.74, 6) is 2.42. The van der Waals surface area contributed by atoms with Gasteiger partial charge in [0.25, 0.3) is 0 Å². The third-order valence-corrected chi connectivity index (χ3v) is 4.49. The Morgan fingerprint density at radius 1 is 1.11 bits per heavy atom. The van der Waals surface area contributed by atoms with Crippen LogP contribution in [0.4, 0.5) is 5.82 Å². The molecular weight excluding hydrogens is 224 g/mol. The van der Waals surface area contributed by atoms with Gasteiger partial charge in [0.05, 0.1) is 18.1 Å². The molecular formula is C14H22N4. The fourth-order valence-electron chi connectivity index (χ4n) is 3.50. The Kier molecular flexibility index (Phi) is 3.46. The monoisotopic (exact) mass is 246 g/mol. The molecule has 2 N–H and O–H groups in total. The molecule has 2 fully saturated rings. The molecule has 0 bridgehead atoms. The lowest BCUT2D eigenvalue weighted by Gasteiger charge is -2.41. The Morgan fingerprint density at radius 2 is 1.94 bits per heavy atom. The van der Waals surface area contributed by atoms with Crippen LogP contribution in [0.25, 0.3) is 0 Å². The van der Waals surface area contributed by atoms with Crippen molar-refractivity contribution < 1.29 is 0 Å². The third-order valence-electron chi connectivity index (χ3n) is 4.49. The van der Waals surface area contributed by atoms with Crippen LogP contribution >= 0.6 is 0 Å². The van der Waals surface area contributed by atoms with Crippen molar-refractivity contribution in [2.75, 3.05) is 18.8 Å². The number of fused-ring (bicyclic) bond motifs is 1. The number of likely N-dealkylation sites (tertiary alicyclic amines) is 1. The third kappa shape index (κ3) is 2.64. The van der Waals surface area contributed by atoms with Gasteiger partial charge in [-0.3, -0.25) is 9.88 Å². The zero-order valence-corrected chi connectivity index (χ0v) is 10.9. The van der Waals surface area contributed by atoms with Crippen molar-refractivity contribution in [3.05, 3.63) is 18.1 Å². The molecule has 1 aliphatic heterocycles. The molecule has 1 saturated heterocycles. The number of nitrogens with two attached hydrogens (primary N) is 1. The minimum absolute atomic E-state index is 0.504. The van der Waals surface area contributed by atoms with E-state index in [2.05, 4.69) is 14.9 Å². The van der Waals surface area contributed by atoms with Crippen LogP contribution in [-0.4, -0.2) is 28.0 Å². The summed E-state index contributed by atoms with van der Waals surface area (Å²) in [6, 6.07) is 0. The highest BCUT2D eigenvalue weighted by molar-refractivity contribution is 5.22. The largest absolute Gasteiger partial charge is 0.382 e. The van der Waals surface area contributed by atoms with Gasteiger partial charge in [-0.05, 0) is 31.2 Å². The van der Waals surface area contributed by atoms with Crippen molar-refractivity contribution in [2.24, 2.45) is 11.8 Å². The predicted molar refractivity (Wildman–Crippen MR) is 71.8 cm³/mol. The second-order valence-electron chi connectivity index (χ2n) is 5.76. The molecule has 2 atom stereocenters. The van der Waals surface area contributed by atoms with Gasteiger partial charge in [-0.15, -0.1) is 0 Å². The van der Waals surface area contributed by atoms with Gasteiger partial charge in [-0.2, -0.15) is 0 Å². The van der Waals surface area contributed by atoms with Crippen LogP contribution in [0.1, 0.15) is 37.8 Å². The van der Waals surface area contributed by atoms with Gasteiger partial charge in [0.2, 0.25) is 0 Å². The van der Waals surface area contributed by atoms with Crippen LogP contribution in [0.3, 0.4) is 0 Å². The molecule has 1 aliphatic carbocycles. The van der Waals surface area contributed by atoms with E-state index in [-0.39, 0.29) is 0 Å². The maximum absolute atomic E-state index is 5.56. The number of aromatic nitrogens is 2. The quantitative estimate of drug-likeness (QED) is 0.868. The fourth-order valence-corrected chi connectivity index (χ4v) is 3.50. The van der Waals surface area contributed by atoms with E-state index in [1.807, 2.05) is 6.20 Å². The molecule has 0 spiro atoms. The van der Waals surface area contributed by atoms with E-state index in [9.17, 15) is 0 Å². The van der Waals surface area contributed by atoms with Crippen LogP contribution < -0.4 is 5.73 Å². The van der Waals surface area contributed by atoms with Crippen molar-refractivity contribution in [1.29, 1.82) is 0 Å². The summed E-state index contributed by atoms with van der Waals surface area (Å²) in [4.78, 5) is 11.0. The molecule has 0 radical (unpaired) electrons. The molecule has 18 heavy (non-hydrogen) atoms. The molecule has 2 aliphatic rings. The SMILES string of the molecule is Nc1cnc(CN2CCC3CCCCC3C2)cn1. The minimum Gasteiger partial charge on any atom is -0.382 e. The van der Waals surface area contributed by atoms with E-state index in [0.717, 1.165) is 24.1 Å². The second-order valence-corrected chi connectivity index (χ2v) is 5.76. The first-order valence-electron chi connectivity index (χ1n) is 7.10. The van der Waals surface area contributed by atoms with E-state index in [0.29, 0.717) is 5.82 Å². The van der Waals surface area contributed by atoms with Crippen LogP contribution in [-0.2, 0) is 6.54 Å². The van der Waals surface area contributed by atoms with E-state index < -0.39 is 0 Å². The number of hydrogen-bond donors (Lipinski definition) is 1. The highest BCUT2D eigenvalue weighted by atomic mass is 15.1. The molecule has 2 unspecified atom stereocenters. The average Bonchev–Trinajstić information content (AvgIpc) is 2.41. The Labute approximate surface area is 109 Å². The predicted octanol–water partition coefficient (Wildman–Crippen LogP) is 2.07. The summed E-state index contributed by atoms with van der Waals surface area (Å²) < 4.78 is 0. The summed E-state index contributed by atoms with van der Waals surface area (Å²) in [7, 11) is 0. The number of piperidine rings is 1. The van der Waals surface area contributed by atoms with E-state index >= 15 is 0 Å². The van der Waals surface area contributed by atoms with E-state index in [1.165, 1.54) is 45.2 Å². The Hall–Kier alpha value is -1.16. The molecule has 0 amide bonds. The molecule has 1 saturated carbocycles. The summed E-state index contributed by atoms with van der Waals surface area (Å²) in [5, 5.41) is 0. The summed E-state index contributed by atoms with van der Waals surface area (Å²) in [6.07, 6.45) is 10.6. The second kappa shape index (κ2) is 5.22.